The number of carbonyl (C=O) groups excluding carboxylic acids is 2. The lowest BCUT2D eigenvalue weighted by Crippen LogP contribution is -2.46. The Hall–Kier alpha value is -3.06. The highest BCUT2D eigenvalue weighted by Crippen LogP contribution is 2.43. The van der Waals surface area contributed by atoms with Crippen LogP contribution in [0.15, 0.2) is 54.6 Å². The summed E-state index contributed by atoms with van der Waals surface area (Å²) in [6.07, 6.45) is 2.45. The maximum Gasteiger partial charge on any atom is 0.410 e. The third-order valence-corrected chi connectivity index (χ3v) is 8.74. The number of aromatic hydroxyl groups is 1. The van der Waals surface area contributed by atoms with E-state index >= 15 is 0 Å². The summed E-state index contributed by atoms with van der Waals surface area (Å²) < 4.78 is 9.73. The van der Waals surface area contributed by atoms with Crippen molar-refractivity contribution in [1.29, 1.82) is 0 Å². The SMILES string of the molecule is C[OH+]c1ccc(CN2CCC3(CCN(CC4CN(C(=O)OC(C)C)C[C@@H]4c4ccccc4)CC3)C2=O)cc1. The molecule has 0 aromatic heterocycles. The molecule has 2 amide bonds. The van der Waals surface area contributed by atoms with Gasteiger partial charge in [-0.25, -0.2) is 4.79 Å². The van der Waals surface area contributed by atoms with Gasteiger partial charge >= 0.3 is 6.09 Å². The fraction of sp³-hybridized carbons (Fsp3) is 0.548. The van der Waals surface area contributed by atoms with Gasteiger partial charge in [-0.3, -0.25) is 4.79 Å². The van der Waals surface area contributed by atoms with Gasteiger partial charge in [0.25, 0.3) is 5.75 Å². The molecule has 2 aromatic rings. The molecule has 3 saturated heterocycles. The molecule has 7 heteroatoms. The van der Waals surface area contributed by atoms with E-state index in [4.69, 9.17) is 4.74 Å². The number of ether oxygens (including phenoxy) is 2. The Bertz CT molecular complexity index is 1100. The van der Waals surface area contributed by atoms with Gasteiger partial charge in [0.1, 0.15) is 0 Å². The second kappa shape index (κ2) is 11.4. The van der Waals surface area contributed by atoms with E-state index in [1.165, 1.54) is 5.56 Å². The number of nitrogens with zero attached hydrogens (tertiary/aromatic N) is 3. The van der Waals surface area contributed by atoms with Crippen LogP contribution < -0.4 is 0 Å². The van der Waals surface area contributed by atoms with Crippen molar-refractivity contribution in [2.24, 2.45) is 11.3 Å². The zero-order valence-electron chi connectivity index (χ0n) is 23.0. The molecular formula is C31H42N3O4+. The number of hydrogen-bond donors (Lipinski definition) is 0. The third-order valence-electron chi connectivity index (χ3n) is 8.74. The van der Waals surface area contributed by atoms with Gasteiger partial charge in [0, 0.05) is 50.8 Å². The van der Waals surface area contributed by atoms with Crippen LogP contribution in [-0.4, -0.2) is 83.9 Å². The minimum atomic E-state index is -0.212. The predicted molar refractivity (Wildman–Crippen MR) is 148 cm³/mol. The monoisotopic (exact) mass is 520 g/mol. The zero-order valence-corrected chi connectivity index (χ0v) is 23.0. The average Bonchev–Trinajstić information content (AvgIpc) is 3.48. The van der Waals surface area contributed by atoms with Crippen molar-refractivity contribution >= 4 is 12.0 Å². The highest BCUT2D eigenvalue weighted by molar-refractivity contribution is 5.85. The summed E-state index contributed by atoms with van der Waals surface area (Å²) in [5, 5.41) is 0. The minimum Gasteiger partial charge on any atom is -0.585 e. The number of carbonyl (C=O) groups is 2. The van der Waals surface area contributed by atoms with E-state index in [-0.39, 0.29) is 17.6 Å². The molecule has 3 aliphatic heterocycles. The number of benzene rings is 2. The Labute approximate surface area is 226 Å². The molecule has 38 heavy (non-hydrogen) atoms. The van der Waals surface area contributed by atoms with Crippen molar-refractivity contribution in [2.75, 3.05) is 46.4 Å². The first kappa shape index (κ1) is 26.5. The molecule has 204 valence electrons. The van der Waals surface area contributed by atoms with Gasteiger partial charge in [0.15, 0.2) is 7.11 Å². The average molecular weight is 521 g/mol. The standard InChI is InChI=1S/C31H41N3O4/c1-23(2)38-30(36)34-21-26(28(22-34)25-7-5-4-6-8-25)20-32-16-13-31(14-17-32)15-18-33(29(31)35)19-24-9-11-27(37-3)12-10-24/h4-12,23,26,28H,13-22H2,1-3H3/p+1/t26?,28-/m1/s1. The van der Waals surface area contributed by atoms with Crippen molar-refractivity contribution in [3.05, 3.63) is 65.7 Å². The van der Waals surface area contributed by atoms with Crippen LogP contribution in [-0.2, 0) is 16.1 Å². The molecule has 2 aromatic carbocycles. The molecule has 7 nitrogen and oxygen atoms in total. The van der Waals surface area contributed by atoms with Crippen molar-refractivity contribution in [3.8, 4) is 5.75 Å². The summed E-state index contributed by atoms with van der Waals surface area (Å²) in [5.74, 6) is 1.93. The number of piperidine rings is 1. The molecule has 0 aliphatic carbocycles. The van der Waals surface area contributed by atoms with Gasteiger partial charge in [0.05, 0.1) is 11.5 Å². The van der Waals surface area contributed by atoms with Crippen LogP contribution in [0.3, 0.4) is 0 Å². The van der Waals surface area contributed by atoms with Gasteiger partial charge in [-0.15, -0.1) is 0 Å². The van der Waals surface area contributed by atoms with Gasteiger partial charge in [0.2, 0.25) is 5.91 Å². The van der Waals surface area contributed by atoms with E-state index in [0.29, 0.717) is 37.4 Å². The molecule has 1 unspecified atom stereocenters. The molecule has 0 radical (unpaired) electrons. The summed E-state index contributed by atoms with van der Waals surface area (Å²) in [6.45, 7) is 9.51. The first-order valence-corrected chi connectivity index (χ1v) is 14.1. The highest BCUT2D eigenvalue weighted by Gasteiger charge is 2.48. The van der Waals surface area contributed by atoms with E-state index in [9.17, 15) is 9.59 Å². The quantitative estimate of drug-likeness (QED) is 0.499. The van der Waals surface area contributed by atoms with E-state index in [1.807, 2.05) is 41.8 Å². The second-order valence-corrected chi connectivity index (χ2v) is 11.6. The van der Waals surface area contributed by atoms with E-state index in [2.05, 4.69) is 46.0 Å². The molecule has 0 saturated carbocycles. The summed E-state index contributed by atoms with van der Waals surface area (Å²) in [6, 6.07) is 18.7. The smallest absolute Gasteiger partial charge is 0.410 e. The van der Waals surface area contributed by atoms with Crippen molar-refractivity contribution in [1.82, 2.24) is 14.7 Å². The lowest BCUT2D eigenvalue weighted by atomic mass is 9.76. The first-order chi connectivity index (χ1) is 18.4. The zero-order chi connectivity index (χ0) is 26.7. The number of amides is 2. The normalized spacial score (nSPS) is 23.4. The summed E-state index contributed by atoms with van der Waals surface area (Å²) in [7, 11) is 1.79. The lowest BCUT2D eigenvalue weighted by molar-refractivity contribution is -0.139. The van der Waals surface area contributed by atoms with E-state index in [0.717, 1.165) is 56.8 Å². The molecule has 2 atom stereocenters. The number of aliphatic hydroxyl groups is 1. The second-order valence-electron chi connectivity index (χ2n) is 11.6. The molecule has 1 N–H and O–H groups in total. The fourth-order valence-electron chi connectivity index (χ4n) is 6.53. The molecule has 3 fully saturated rings. The van der Waals surface area contributed by atoms with Crippen LogP contribution in [0, 0.1) is 11.3 Å². The van der Waals surface area contributed by atoms with E-state index < -0.39 is 0 Å². The van der Waals surface area contributed by atoms with Crippen molar-refractivity contribution in [2.45, 2.75) is 51.7 Å². The summed E-state index contributed by atoms with van der Waals surface area (Å²) in [4.78, 5) is 32.7. The van der Waals surface area contributed by atoms with Gasteiger partial charge in [-0.2, -0.15) is 0 Å². The predicted octanol–water partition coefficient (Wildman–Crippen LogP) is 4.63. The molecule has 5 rings (SSSR count). The Balaban J connectivity index is 1.19. The molecule has 0 bridgehead atoms. The summed E-state index contributed by atoms with van der Waals surface area (Å²) >= 11 is 0. The van der Waals surface area contributed by atoms with Crippen LogP contribution >= 0.6 is 0 Å². The highest BCUT2D eigenvalue weighted by atomic mass is 16.6. The maximum atomic E-state index is 13.5. The molecular weight excluding hydrogens is 478 g/mol. The fourth-order valence-corrected chi connectivity index (χ4v) is 6.53. The van der Waals surface area contributed by atoms with Crippen LogP contribution in [0.25, 0.3) is 0 Å². The lowest BCUT2D eigenvalue weighted by Gasteiger charge is -2.39. The Morgan fingerprint density at radius 2 is 1.68 bits per heavy atom. The number of rotatable bonds is 7. The largest absolute Gasteiger partial charge is 0.585 e. The summed E-state index contributed by atoms with van der Waals surface area (Å²) in [5.41, 5.74) is 2.23. The van der Waals surface area contributed by atoms with Crippen LogP contribution in [0.1, 0.15) is 50.2 Å². The molecule has 3 heterocycles. The Morgan fingerprint density at radius 3 is 2.34 bits per heavy atom. The van der Waals surface area contributed by atoms with Crippen molar-refractivity contribution < 1.29 is 19.1 Å². The van der Waals surface area contributed by atoms with Crippen molar-refractivity contribution in [3.63, 3.8) is 0 Å². The van der Waals surface area contributed by atoms with E-state index in [1.54, 1.807) is 7.11 Å². The Kier molecular flexibility index (Phi) is 7.93. The van der Waals surface area contributed by atoms with Crippen LogP contribution in [0.5, 0.6) is 5.75 Å². The molecule has 3 aliphatic rings. The topological polar surface area (TPSA) is 65.9 Å². The van der Waals surface area contributed by atoms with Crippen LogP contribution in [0.4, 0.5) is 4.79 Å². The third kappa shape index (κ3) is 5.68. The minimum absolute atomic E-state index is 0.121. The first-order valence-electron chi connectivity index (χ1n) is 14.1. The molecule has 1 spiro atoms. The number of likely N-dealkylation sites (tertiary alicyclic amines) is 3. The van der Waals surface area contributed by atoms with Gasteiger partial charge < -0.3 is 24.2 Å². The maximum absolute atomic E-state index is 13.5. The number of hydrogen-bond acceptors (Lipinski definition) is 4. The van der Waals surface area contributed by atoms with Gasteiger partial charge in [-0.1, -0.05) is 30.3 Å². The Morgan fingerprint density at radius 1 is 1.00 bits per heavy atom. The van der Waals surface area contributed by atoms with Crippen LogP contribution in [0.2, 0.25) is 0 Å². The van der Waals surface area contributed by atoms with Gasteiger partial charge in [-0.05, 0) is 75.4 Å².